The van der Waals surface area contributed by atoms with Crippen LogP contribution in [0.1, 0.15) is 66.4 Å². The molecule has 0 heterocycles. The summed E-state index contributed by atoms with van der Waals surface area (Å²) in [6.45, 7) is 18.5. The first kappa shape index (κ1) is 32.0. The van der Waals surface area contributed by atoms with Crippen molar-refractivity contribution in [3.8, 4) is 0 Å². The molecule has 0 N–H and O–H groups in total. The van der Waals surface area contributed by atoms with E-state index >= 15 is 0 Å². The highest BCUT2D eigenvalue weighted by molar-refractivity contribution is 5.87. The average molecular weight is 591 g/mol. The Morgan fingerprint density at radius 2 is 1.49 bits per heavy atom. The van der Waals surface area contributed by atoms with Crippen LogP contribution in [0.3, 0.4) is 0 Å². The summed E-state index contributed by atoms with van der Waals surface area (Å²) in [6.07, 6.45) is 2.84. The quantitative estimate of drug-likeness (QED) is 0.167. The molecule has 2 fully saturated rings. The second-order valence-corrected chi connectivity index (χ2v) is 12.3. The van der Waals surface area contributed by atoms with Crippen LogP contribution in [0.5, 0.6) is 0 Å². The zero-order valence-electron chi connectivity index (χ0n) is 25.9. The van der Waals surface area contributed by atoms with E-state index in [-0.39, 0.29) is 12.3 Å². The van der Waals surface area contributed by atoms with E-state index in [4.69, 9.17) is 18.9 Å². The lowest BCUT2D eigenvalue weighted by Gasteiger charge is -2.53. The molecule has 8 atom stereocenters. The van der Waals surface area contributed by atoms with Gasteiger partial charge in [0.2, 0.25) is 0 Å². The zero-order chi connectivity index (χ0) is 31.7. The van der Waals surface area contributed by atoms with E-state index in [9.17, 15) is 19.2 Å². The Morgan fingerprint density at radius 3 is 2.07 bits per heavy atom. The number of fused-ring (bicyclic) bond motifs is 2. The van der Waals surface area contributed by atoms with Crippen molar-refractivity contribution >= 4 is 30.0 Å². The van der Waals surface area contributed by atoms with E-state index in [0.717, 1.165) is 16.7 Å². The van der Waals surface area contributed by atoms with E-state index in [1.165, 1.54) is 26.8 Å². The van der Waals surface area contributed by atoms with Gasteiger partial charge < -0.3 is 18.9 Å². The summed E-state index contributed by atoms with van der Waals surface area (Å²) in [5.74, 6) is -2.72. The summed E-state index contributed by atoms with van der Waals surface area (Å²) >= 11 is 0. The topological polar surface area (TPSA) is 105 Å². The Balaban J connectivity index is 1.83. The molecule has 230 valence electrons. The van der Waals surface area contributed by atoms with Crippen molar-refractivity contribution in [1.29, 1.82) is 0 Å². The third-order valence-electron chi connectivity index (χ3n) is 9.67. The largest absolute Gasteiger partial charge is 0.462 e. The number of esters is 4. The Labute approximate surface area is 253 Å². The maximum atomic E-state index is 13.0. The van der Waals surface area contributed by atoms with Crippen molar-refractivity contribution in [3.63, 3.8) is 0 Å². The lowest BCUT2D eigenvalue weighted by molar-refractivity contribution is -0.211. The highest BCUT2D eigenvalue weighted by Gasteiger charge is 2.68. The normalized spacial score (nSPS) is 33.3. The van der Waals surface area contributed by atoms with Crippen LogP contribution < -0.4 is 0 Å². The second-order valence-electron chi connectivity index (χ2n) is 12.3. The summed E-state index contributed by atoms with van der Waals surface area (Å²) < 4.78 is 24.1. The number of rotatable bonds is 7. The van der Waals surface area contributed by atoms with Gasteiger partial charge in [-0.2, -0.15) is 0 Å². The highest BCUT2D eigenvalue weighted by atomic mass is 16.6. The summed E-state index contributed by atoms with van der Waals surface area (Å²) in [5, 5.41) is 0. The number of ether oxygens (including phenoxy) is 4. The number of benzene rings is 1. The van der Waals surface area contributed by atoms with E-state index in [2.05, 4.69) is 19.2 Å². The number of carbonyl (C=O) groups excluding carboxylic acids is 4. The summed E-state index contributed by atoms with van der Waals surface area (Å²) in [5.41, 5.74) is 1.31. The predicted molar refractivity (Wildman–Crippen MR) is 161 cm³/mol. The molecule has 1 aromatic carbocycles. The first-order valence-corrected chi connectivity index (χ1v) is 14.7. The minimum absolute atomic E-state index is 0.0959. The van der Waals surface area contributed by atoms with Crippen LogP contribution in [0.2, 0.25) is 0 Å². The maximum Gasteiger partial charge on any atom is 0.331 e. The molecule has 0 aromatic heterocycles. The third kappa shape index (κ3) is 5.84. The van der Waals surface area contributed by atoms with Gasteiger partial charge in [-0.15, -0.1) is 0 Å². The van der Waals surface area contributed by atoms with Gasteiger partial charge in [0.15, 0.2) is 6.10 Å². The smallest absolute Gasteiger partial charge is 0.331 e. The molecule has 3 aliphatic rings. The lowest BCUT2D eigenvalue weighted by Crippen LogP contribution is -2.62. The third-order valence-corrected chi connectivity index (χ3v) is 9.67. The second kappa shape index (κ2) is 12.3. The van der Waals surface area contributed by atoms with Crippen LogP contribution in [-0.4, -0.2) is 48.3 Å². The van der Waals surface area contributed by atoms with Crippen molar-refractivity contribution < 1.29 is 38.1 Å². The Bertz CT molecular complexity index is 1370. The van der Waals surface area contributed by atoms with Gasteiger partial charge in [0.25, 0.3) is 0 Å². The van der Waals surface area contributed by atoms with Crippen molar-refractivity contribution in [3.05, 3.63) is 77.9 Å². The maximum absolute atomic E-state index is 13.0. The van der Waals surface area contributed by atoms with Crippen LogP contribution in [-0.2, 0) is 38.1 Å². The molecule has 0 spiro atoms. The number of allylic oxidation sites excluding steroid dienone is 1. The fourth-order valence-electron chi connectivity index (χ4n) is 7.86. The van der Waals surface area contributed by atoms with Crippen LogP contribution in [0.4, 0.5) is 0 Å². The number of carbonyl (C=O) groups is 4. The van der Waals surface area contributed by atoms with Gasteiger partial charge in [0.1, 0.15) is 18.3 Å². The molecule has 4 rings (SSSR count). The van der Waals surface area contributed by atoms with Crippen LogP contribution in [0.15, 0.2) is 72.4 Å². The Morgan fingerprint density at radius 1 is 0.884 bits per heavy atom. The summed E-state index contributed by atoms with van der Waals surface area (Å²) in [7, 11) is 0. The van der Waals surface area contributed by atoms with E-state index in [1.54, 1.807) is 6.08 Å². The highest BCUT2D eigenvalue weighted by Crippen LogP contribution is 2.64. The van der Waals surface area contributed by atoms with Crippen molar-refractivity contribution in [2.24, 2.45) is 22.7 Å². The van der Waals surface area contributed by atoms with Crippen LogP contribution in [0.25, 0.3) is 6.08 Å². The number of hydrogen-bond acceptors (Lipinski definition) is 8. The van der Waals surface area contributed by atoms with Crippen molar-refractivity contribution in [1.82, 2.24) is 0 Å². The predicted octanol–water partition coefficient (Wildman–Crippen LogP) is 5.92. The molecular weight excluding hydrogens is 548 g/mol. The standard InChI is InChI=1S/C35H42O8/c1-20(2)35-21(3)14-16-27(35)18-28-22(4)29(43-31(39)17-15-26-12-10-9-11-13-26)19-30(40-23(5)36)34(28,8)32(41-24(6)37)33(35)42-25(7)38/h9-15,17,27-30,32-33H,1,4,16,18-19H2,2-3,5-8H3/b17-15+/t27-,28+,29-,30-,32-,33-,34-,35+/m0/s1. The fraction of sp³-hybridized carbons (Fsp3) is 0.486. The van der Waals surface area contributed by atoms with Crippen molar-refractivity contribution in [2.75, 3.05) is 0 Å². The molecule has 8 heteroatoms. The molecule has 43 heavy (non-hydrogen) atoms. The van der Waals surface area contributed by atoms with Crippen molar-refractivity contribution in [2.45, 2.75) is 85.2 Å². The summed E-state index contributed by atoms with van der Waals surface area (Å²) in [6, 6.07) is 9.38. The summed E-state index contributed by atoms with van der Waals surface area (Å²) in [4.78, 5) is 50.9. The Hall–Kier alpha value is -3.94. The molecule has 0 aliphatic heterocycles. The molecule has 3 aliphatic carbocycles. The minimum atomic E-state index is -1.08. The molecule has 0 amide bonds. The van der Waals surface area contributed by atoms with E-state index < -0.39 is 65.0 Å². The fourth-order valence-corrected chi connectivity index (χ4v) is 7.86. The van der Waals surface area contributed by atoms with Gasteiger partial charge in [-0.25, -0.2) is 4.79 Å². The molecule has 0 radical (unpaired) electrons. The first-order chi connectivity index (χ1) is 20.2. The Kier molecular flexibility index (Phi) is 9.19. The average Bonchev–Trinajstić information content (AvgIpc) is 3.22. The van der Waals surface area contributed by atoms with Gasteiger partial charge in [-0.3, -0.25) is 14.4 Å². The SMILES string of the molecule is C=C1[C@@H](OC(=O)/C=C/c2ccccc2)C[C@H](OC(C)=O)[C@]2(C)[C@@H]1C[C@@H]1CC=C(C)[C@@]1(C(=C)C)[C@@H](OC(C)=O)[C@@H]2OC(C)=O. The zero-order valence-corrected chi connectivity index (χ0v) is 25.9. The molecule has 0 unspecified atom stereocenters. The minimum Gasteiger partial charge on any atom is -0.462 e. The molecule has 0 bridgehead atoms. The molecule has 0 saturated heterocycles. The van der Waals surface area contributed by atoms with Crippen LogP contribution in [0, 0.1) is 22.7 Å². The molecular formula is C35H42O8. The monoisotopic (exact) mass is 590 g/mol. The lowest BCUT2D eigenvalue weighted by atomic mass is 9.58. The van der Waals surface area contributed by atoms with E-state index in [1.807, 2.05) is 51.1 Å². The van der Waals surface area contributed by atoms with Crippen LogP contribution >= 0.6 is 0 Å². The van der Waals surface area contributed by atoms with E-state index in [0.29, 0.717) is 18.4 Å². The molecule has 8 nitrogen and oxygen atoms in total. The van der Waals surface area contributed by atoms with Gasteiger partial charge in [-0.1, -0.05) is 67.6 Å². The van der Waals surface area contributed by atoms with Gasteiger partial charge in [-0.05, 0) is 55.7 Å². The number of hydrogen-bond donors (Lipinski definition) is 0. The van der Waals surface area contributed by atoms with Gasteiger partial charge in [0, 0.05) is 33.3 Å². The molecule has 2 saturated carbocycles. The first-order valence-electron chi connectivity index (χ1n) is 14.7. The van der Waals surface area contributed by atoms with Gasteiger partial charge in [0.05, 0.1) is 10.8 Å². The van der Waals surface area contributed by atoms with Gasteiger partial charge >= 0.3 is 23.9 Å². The molecule has 1 aromatic rings.